The lowest BCUT2D eigenvalue weighted by Gasteiger charge is -2.05. The van der Waals surface area contributed by atoms with Crippen LogP contribution in [0, 0.1) is 10.1 Å². The molecule has 0 amide bonds. The fourth-order valence-electron chi connectivity index (χ4n) is 1.02. The van der Waals surface area contributed by atoms with Crippen molar-refractivity contribution in [2.45, 2.75) is 0 Å². The van der Waals surface area contributed by atoms with Crippen molar-refractivity contribution in [1.82, 2.24) is 0 Å². The van der Waals surface area contributed by atoms with Gasteiger partial charge in [0.25, 0.3) is 0 Å². The standard InChI is InChI=1S/C7H4Cl2N2O4/c8-2-1-3(9)5(10)6(11(14)15)4(2)7(12)13/h1H,10H2,(H,12,13). The molecule has 1 aromatic carbocycles. The molecule has 0 spiro atoms. The number of nitro groups is 1. The van der Waals surface area contributed by atoms with E-state index in [-0.39, 0.29) is 10.0 Å². The smallest absolute Gasteiger partial charge is 0.344 e. The highest BCUT2D eigenvalue weighted by molar-refractivity contribution is 6.39. The third-order valence-electron chi connectivity index (χ3n) is 1.64. The Bertz CT molecular complexity index is 461. The number of rotatable bonds is 2. The van der Waals surface area contributed by atoms with Gasteiger partial charge >= 0.3 is 11.7 Å². The number of benzene rings is 1. The topological polar surface area (TPSA) is 106 Å². The summed E-state index contributed by atoms with van der Waals surface area (Å²) >= 11 is 11.1. The van der Waals surface area contributed by atoms with E-state index in [2.05, 4.69) is 0 Å². The van der Waals surface area contributed by atoms with Crippen LogP contribution in [-0.4, -0.2) is 16.0 Å². The Morgan fingerprint density at radius 1 is 1.47 bits per heavy atom. The van der Waals surface area contributed by atoms with Crippen LogP contribution in [0.2, 0.25) is 10.0 Å². The summed E-state index contributed by atoms with van der Waals surface area (Å²) in [7, 11) is 0. The van der Waals surface area contributed by atoms with Crippen LogP contribution < -0.4 is 5.73 Å². The number of hydrogen-bond donors (Lipinski definition) is 2. The Kier molecular flexibility index (Phi) is 3.01. The van der Waals surface area contributed by atoms with Gasteiger partial charge in [-0.05, 0) is 6.07 Å². The molecule has 15 heavy (non-hydrogen) atoms. The van der Waals surface area contributed by atoms with Gasteiger partial charge in [0.2, 0.25) is 0 Å². The number of nitro benzene ring substituents is 1. The zero-order chi connectivity index (χ0) is 11.7. The van der Waals surface area contributed by atoms with E-state index in [9.17, 15) is 14.9 Å². The largest absolute Gasteiger partial charge is 0.477 e. The molecule has 0 bridgehead atoms. The molecule has 3 N–H and O–H groups in total. The van der Waals surface area contributed by atoms with Gasteiger partial charge < -0.3 is 10.8 Å². The first-order chi connectivity index (χ1) is 6.86. The van der Waals surface area contributed by atoms with Gasteiger partial charge in [0.05, 0.1) is 15.0 Å². The minimum atomic E-state index is -1.53. The van der Waals surface area contributed by atoms with Crippen LogP contribution in [0.4, 0.5) is 11.4 Å². The molecule has 0 saturated heterocycles. The molecule has 0 unspecified atom stereocenters. The van der Waals surface area contributed by atoms with Crippen molar-refractivity contribution in [1.29, 1.82) is 0 Å². The average Bonchev–Trinajstić information content (AvgIpc) is 2.09. The third kappa shape index (κ3) is 1.95. The summed E-state index contributed by atoms with van der Waals surface area (Å²) in [5, 5.41) is 18.8. The normalized spacial score (nSPS) is 10.0. The van der Waals surface area contributed by atoms with Crippen LogP contribution >= 0.6 is 23.2 Å². The molecule has 0 aromatic heterocycles. The number of carbonyl (C=O) groups is 1. The van der Waals surface area contributed by atoms with Crippen molar-refractivity contribution >= 4 is 40.5 Å². The number of halogens is 2. The number of aromatic carboxylic acids is 1. The van der Waals surface area contributed by atoms with Gasteiger partial charge in [0.15, 0.2) is 5.56 Å². The molecular formula is C7H4Cl2N2O4. The Hall–Kier alpha value is -1.53. The van der Waals surface area contributed by atoms with Crippen LogP contribution in [0.1, 0.15) is 10.4 Å². The van der Waals surface area contributed by atoms with Gasteiger partial charge in [0, 0.05) is 0 Å². The molecule has 8 heteroatoms. The zero-order valence-electron chi connectivity index (χ0n) is 7.03. The molecule has 0 atom stereocenters. The van der Waals surface area contributed by atoms with E-state index in [0.29, 0.717) is 0 Å². The summed E-state index contributed by atoms with van der Waals surface area (Å²) in [6.07, 6.45) is 0. The third-order valence-corrected chi connectivity index (χ3v) is 2.25. The monoisotopic (exact) mass is 250 g/mol. The zero-order valence-corrected chi connectivity index (χ0v) is 8.54. The maximum Gasteiger partial charge on any atom is 0.344 e. The van der Waals surface area contributed by atoms with Crippen LogP contribution in [0.15, 0.2) is 6.07 Å². The Morgan fingerprint density at radius 2 is 2.00 bits per heavy atom. The maximum atomic E-state index is 10.7. The van der Waals surface area contributed by atoms with E-state index >= 15 is 0 Å². The van der Waals surface area contributed by atoms with Gasteiger partial charge in [-0.1, -0.05) is 23.2 Å². The lowest BCUT2D eigenvalue weighted by Crippen LogP contribution is -2.07. The fraction of sp³-hybridized carbons (Fsp3) is 0. The molecule has 6 nitrogen and oxygen atoms in total. The molecule has 0 heterocycles. The number of nitrogen functional groups attached to an aromatic ring is 1. The lowest BCUT2D eigenvalue weighted by molar-refractivity contribution is -0.384. The predicted octanol–water partition coefficient (Wildman–Crippen LogP) is 2.18. The van der Waals surface area contributed by atoms with Gasteiger partial charge in [-0.15, -0.1) is 0 Å². The first-order valence-electron chi connectivity index (χ1n) is 3.51. The number of nitrogens with two attached hydrogens (primary N) is 1. The van der Waals surface area contributed by atoms with Crippen molar-refractivity contribution in [2.24, 2.45) is 0 Å². The second-order valence-corrected chi connectivity index (χ2v) is 3.35. The molecule has 0 aliphatic heterocycles. The number of hydrogen-bond acceptors (Lipinski definition) is 4. The molecule has 0 fully saturated rings. The summed E-state index contributed by atoms with van der Waals surface area (Å²) in [6, 6.07) is 1.05. The van der Waals surface area contributed by atoms with Crippen LogP contribution in [0.5, 0.6) is 0 Å². The molecule has 80 valence electrons. The molecule has 0 saturated carbocycles. The summed E-state index contributed by atoms with van der Waals surface area (Å²) < 4.78 is 0. The average molecular weight is 251 g/mol. The number of carboxylic acids is 1. The van der Waals surface area contributed by atoms with E-state index in [1.165, 1.54) is 0 Å². The minimum absolute atomic E-state index is 0.156. The molecule has 0 aliphatic carbocycles. The predicted molar refractivity (Wildman–Crippen MR) is 54.5 cm³/mol. The summed E-state index contributed by atoms with van der Waals surface area (Å²) in [4.78, 5) is 20.4. The summed E-state index contributed by atoms with van der Waals surface area (Å²) in [6.45, 7) is 0. The van der Waals surface area contributed by atoms with Crippen LogP contribution in [0.25, 0.3) is 0 Å². The van der Waals surface area contributed by atoms with Crippen molar-refractivity contribution in [3.05, 3.63) is 31.8 Å². The quantitative estimate of drug-likeness (QED) is 0.475. The van der Waals surface area contributed by atoms with Crippen molar-refractivity contribution in [3.8, 4) is 0 Å². The Balaban J connectivity index is 3.69. The molecule has 1 rings (SSSR count). The van der Waals surface area contributed by atoms with Crippen LogP contribution in [-0.2, 0) is 0 Å². The highest BCUT2D eigenvalue weighted by Gasteiger charge is 2.28. The Labute approximate surface area is 93.4 Å². The van der Waals surface area contributed by atoms with Crippen LogP contribution in [0.3, 0.4) is 0 Å². The van der Waals surface area contributed by atoms with Crippen molar-refractivity contribution in [2.75, 3.05) is 5.73 Å². The van der Waals surface area contributed by atoms with E-state index in [4.69, 9.17) is 34.0 Å². The fourth-order valence-corrected chi connectivity index (χ4v) is 1.55. The van der Waals surface area contributed by atoms with Crippen molar-refractivity contribution < 1.29 is 14.8 Å². The Morgan fingerprint density at radius 3 is 2.40 bits per heavy atom. The van der Waals surface area contributed by atoms with E-state index in [1.807, 2.05) is 0 Å². The number of anilines is 1. The molecule has 0 radical (unpaired) electrons. The highest BCUT2D eigenvalue weighted by Crippen LogP contribution is 2.37. The van der Waals surface area contributed by atoms with E-state index in [1.54, 1.807) is 0 Å². The summed E-state index contributed by atoms with van der Waals surface area (Å²) in [5.41, 5.74) is 3.43. The van der Waals surface area contributed by atoms with Gasteiger partial charge in [0.1, 0.15) is 5.69 Å². The second-order valence-electron chi connectivity index (χ2n) is 2.54. The summed E-state index contributed by atoms with van der Waals surface area (Å²) in [5.74, 6) is -1.53. The first kappa shape index (κ1) is 11.5. The van der Waals surface area contributed by atoms with E-state index in [0.717, 1.165) is 6.07 Å². The van der Waals surface area contributed by atoms with Crippen molar-refractivity contribution in [3.63, 3.8) is 0 Å². The number of nitrogens with zero attached hydrogens (tertiary/aromatic N) is 1. The van der Waals surface area contributed by atoms with Gasteiger partial charge in [-0.2, -0.15) is 0 Å². The maximum absolute atomic E-state index is 10.7. The van der Waals surface area contributed by atoms with Gasteiger partial charge in [-0.3, -0.25) is 10.1 Å². The first-order valence-corrected chi connectivity index (χ1v) is 4.27. The molecule has 1 aromatic rings. The van der Waals surface area contributed by atoms with E-state index < -0.39 is 27.8 Å². The van der Waals surface area contributed by atoms with Gasteiger partial charge in [-0.25, -0.2) is 4.79 Å². The molecule has 0 aliphatic rings. The number of carboxylic acid groups (broad SMARTS) is 1. The lowest BCUT2D eigenvalue weighted by atomic mass is 10.1. The minimum Gasteiger partial charge on any atom is -0.477 e. The molecular weight excluding hydrogens is 247 g/mol. The SMILES string of the molecule is Nc1c(Cl)cc(Cl)c(C(=O)O)c1[N+](=O)[O-]. The highest BCUT2D eigenvalue weighted by atomic mass is 35.5. The second kappa shape index (κ2) is 3.92.